The molecule has 4 nitrogen and oxygen atoms in total. The minimum absolute atomic E-state index is 0.394. The van der Waals surface area contributed by atoms with Crippen molar-refractivity contribution in [2.75, 3.05) is 11.9 Å². The van der Waals surface area contributed by atoms with E-state index in [1.165, 1.54) is 6.92 Å². The van der Waals surface area contributed by atoms with Crippen molar-refractivity contribution in [3.05, 3.63) is 29.8 Å². The molecule has 20 heavy (non-hydrogen) atoms. The largest absolute Gasteiger partial charge is 0.391 e. The molecule has 1 aromatic carbocycles. The van der Waals surface area contributed by atoms with Gasteiger partial charge in [0.1, 0.15) is 6.10 Å². The molecule has 0 saturated carbocycles. The summed E-state index contributed by atoms with van der Waals surface area (Å²) in [6.07, 6.45) is -6.31. The average Bonchev–Trinajstić information content (AvgIpc) is 2.38. The number of carbonyl (C=O) groups is 1. The Morgan fingerprint density at radius 1 is 1.35 bits per heavy atom. The standard InChI is InChI=1S/C13H17F3N2O2/c1-9(20-7-6-13(14,15)16)12(19)18-11-4-2-10(8-17)3-5-11/h2-5,9H,6-8,17H2,1H3,(H,18,19). The molecule has 1 aromatic rings. The molecule has 1 rings (SSSR count). The van der Waals surface area contributed by atoms with Crippen LogP contribution in [-0.2, 0) is 16.1 Å². The zero-order chi connectivity index (χ0) is 15.2. The van der Waals surface area contributed by atoms with E-state index < -0.39 is 31.2 Å². The van der Waals surface area contributed by atoms with Crippen molar-refractivity contribution in [1.82, 2.24) is 0 Å². The van der Waals surface area contributed by atoms with Crippen molar-refractivity contribution >= 4 is 11.6 Å². The van der Waals surface area contributed by atoms with Crippen LogP contribution in [-0.4, -0.2) is 24.8 Å². The van der Waals surface area contributed by atoms with E-state index in [0.717, 1.165) is 5.56 Å². The van der Waals surface area contributed by atoms with Gasteiger partial charge in [-0.1, -0.05) is 12.1 Å². The smallest absolute Gasteiger partial charge is 0.368 e. The van der Waals surface area contributed by atoms with Crippen LogP contribution in [0.1, 0.15) is 18.9 Å². The van der Waals surface area contributed by atoms with Gasteiger partial charge in [0, 0.05) is 12.2 Å². The third-order valence-corrected chi connectivity index (χ3v) is 2.58. The third kappa shape index (κ3) is 6.03. The van der Waals surface area contributed by atoms with Crippen molar-refractivity contribution in [3.8, 4) is 0 Å². The molecule has 0 spiro atoms. The van der Waals surface area contributed by atoms with Gasteiger partial charge in [0.05, 0.1) is 13.0 Å². The zero-order valence-electron chi connectivity index (χ0n) is 11.0. The van der Waals surface area contributed by atoms with Crippen molar-refractivity contribution in [2.45, 2.75) is 32.2 Å². The lowest BCUT2D eigenvalue weighted by Gasteiger charge is -2.14. The van der Waals surface area contributed by atoms with Crippen molar-refractivity contribution in [1.29, 1.82) is 0 Å². The van der Waals surface area contributed by atoms with E-state index in [4.69, 9.17) is 10.5 Å². The van der Waals surface area contributed by atoms with E-state index in [-0.39, 0.29) is 0 Å². The second-order valence-electron chi connectivity index (χ2n) is 4.27. The number of hydrogen-bond acceptors (Lipinski definition) is 3. The number of anilines is 1. The molecule has 7 heteroatoms. The molecule has 0 heterocycles. The highest BCUT2D eigenvalue weighted by Crippen LogP contribution is 2.19. The second kappa shape index (κ2) is 7.25. The van der Waals surface area contributed by atoms with E-state index in [1.54, 1.807) is 24.3 Å². The minimum atomic E-state index is -4.28. The van der Waals surface area contributed by atoms with Crippen molar-refractivity contribution in [3.63, 3.8) is 0 Å². The van der Waals surface area contributed by atoms with Crippen LogP contribution in [0.5, 0.6) is 0 Å². The van der Waals surface area contributed by atoms with Gasteiger partial charge in [-0.15, -0.1) is 0 Å². The van der Waals surface area contributed by atoms with Crippen LogP contribution < -0.4 is 11.1 Å². The number of benzene rings is 1. The molecular weight excluding hydrogens is 273 g/mol. The summed E-state index contributed by atoms with van der Waals surface area (Å²) in [4.78, 5) is 11.7. The molecule has 0 aliphatic heterocycles. The van der Waals surface area contributed by atoms with Crippen LogP contribution in [0.25, 0.3) is 0 Å². The Balaban J connectivity index is 2.40. The number of alkyl halides is 3. The van der Waals surface area contributed by atoms with Gasteiger partial charge in [-0.2, -0.15) is 13.2 Å². The molecule has 1 atom stereocenters. The average molecular weight is 290 g/mol. The third-order valence-electron chi connectivity index (χ3n) is 2.58. The van der Waals surface area contributed by atoms with Gasteiger partial charge in [0.2, 0.25) is 0 Å². The predicted octanol–water partition coefficient (Wildman–Crippen LogP) is 2.44. The molecular formula is C13H17F3N2O2. The molecule has 0 radical (unpaired) electrons. The molecule has 0 aliphatic rings. The number of hydrogen-bond donors (Lipinski definition) is 2. The van der Waals surface area contributed by atoms with Crippen LogP contribution in [0.3, 0.4) is 0 Å². The van der Waals surface area contributed by atoms with Gasteiger partial charge in [0.15, 0.2) is 0 Å². The molecule has 112 valence electrons. The van der Waals surface area contributed by atoms with E-state index >= 15 is 0 Å². The van der Waals surface area contributed by atoms with Crippen molar-refractivity contribution < 1.29 is 22.7 Å². The highest BCUT2D eigenvalue weighted by Gasteiger charge is 2.27. The Hall–Kier alpha value is -1.60. The van der Waals surface area contributed by atoms with Gasteiger partial charge in [-0.3, -0.25) is 4.79 Å². The highest BCUT2D eigenvalue weighted by molar-refractivity contribution is 5.93. The van der Waals surface area contributed by atoms with Crippen LogP contribution in [0, 0.1) is 0 Å². The molecule has 1 unspecified atom stereocenters. The maximum absolute atomic E-state index is 11.9. The Morgan fingerprint density at radius 2 is 1.95 bits per heavy atom. The van der Waals surface area contributed by atoms with Crippen molar-refractivity contribution in [2.24, 2.45) is 5.73 Å². The fourth-order valence-corrected chi connectivity index (χ4v) is 1.40. The SMILES string of the molecule is CC(OCCC(F)(F)F)C(=O)Nc1ccc(CN)cc1. The summed E-state index contributed by atoms with van der Waals surface area (Å²) in [5, 5.41) is 2.55. The molecule has 3 N–H and O–H groups in total. The number of nitrogens with one attached hydrogen (secondary N) is 1. The lowest BCUT2D eigenvalue weighted by molar-refractivity contribution is -0.152. The van der Waals surface area contributed by atoms with E-state index in [1.807, 2.05) is 0 Å². The number of ether oxygens (including phenoxy) is 1. The van der Waals surface area contributed by atoms with Crippen LogP contribution in [0.2, 0.25) is 0 Å². The number of halogens is 3. The molecule has 0 fully saturated rings. The van der Waals surface area contributed by atoms with Gasteiger partial charge >= 0.3 is 6.18 Å². The molecule has 0 saturated heterocycles. The summed E-state index contributed by atoms with van der Waals surface area (Å²) in [5.74, 6) is -0.493. The molecule has 0 bridgehead atoms. The quantitative estimate of drug-likeness (QED) is 0.845. The predicted molar refractivity (Wildman–Crippen MR) is 69.0 cm³/mol. The van der Waals surface area contributed by atoms with Crippen LogP contribution >= 0.6 is 0 Å². The van der Waals surface area contributed by atoms with E-state index in [2.05, 4.69) is 5.32 Å². The number of rotatable bonds is 6. The maximum Gasteiger partial charge on any atom is 0.391 e. The fourth-order valence-electron chi connectivity index (χ4n) is 1.40. The first kappa shape index (κ1) is 16.5. The normalized spacial score (nSPS) is 13.1. The summed E-state index contributed by atoms with van der Waals surface area (Å²) in [6, 6.07) is 6.85. The Labute approximate surface area is 115 Å². The Morgan fingerprint density at radius 3 is 2.45 bits per heavy atom. The second-order valence-corrected chi connectivity index (χ2v) is 4.27. The molecule has 1 amide bonds. The first-order chi connectivity index (χ1) is 9.31. The summed E-state index contributed by atoms with van der Waals surface area (Å²) < 4.78 is 40.6. The summed E-state index contributed by atoms with van der Waals surface area (Å²) in [7, 11) is 0. The van der Waals surface area contributed by atoms with Gasteiger partial charge in [-0.05, 0) is 24.6 Å². The van der Waals surface area contributed by atoms with E-state index in [9.17, 15) is 18.0 Å². The van der Waals surface area contributed by atoms with Gasteiger partial charge in [-0.25, -0.2) is 0 Å². The first-order valence-corrected chi connectivity index (χ1v) is 6.10. The number of amides is 1. The monoisotopic (exact) mass is 290 g/mol. The first-order valence-electron chi connectivity index (χ1n) is 6.10. The number of carbonyl (C=O) groups excluding carboxylic acids is 1. The minimum Gasteiger partial charge on any atom is -0.368 e. The Kier molecular flexibility index (Phi) is 5.97. The molecule has 0 aromatic heterocycles. The zero-order valence-corrected chi connectivity index (χ0v) is 11.0. The summed E-state index contributed by atoms with van der Waals surface area (Å²) in [5.41, 5.74) is 6.89. The van der Waals surface area contributed by atoms with Gasteiger partial charge < -0.3 is 15.8 Å². The van der Waals surface area contributed by atoms with Crippen LogP contribution in [0.15, 0.2) is 24.3 Å². The Bertz CT molecular complexity index is 432. The lowest BCUT2D eigenvalue weighted by atomic mass is 10.2. The molecule has 0 aliphatic carbocycles. The van der Waals surface area contributed by atoms with Gasteiger partial charge in [0.25, 0.3) is 5.91 Å². The fraction of sp³-hybridized carbons (Fsp3) is 0.462. The lowest BCUT2D eigenvalue weighted by Crippen LogP contribution is -2.29. The highest BCUT2D eigenvalue weighted by atomic mass is 19.4. The summed E-state index contributed by atoms with van der Waals surface area (Å²) in [6.45, 7) is 1.26. The maximum atomic E-state index is 11.9. The number of nitrogens with two attached hydrogens (primary N) is 1. The topological polar surface area (TPSA) is 64.3 Å². The van der Waals surface area contributed by atoms with Crippen LogP contribution in [0.4, 0.5) is 18.9 Å². The van der Waals surface area contributed by atoms with E-state index in [0.29, 0.717) is 12.2 Å². The summed E-state index contributed by atoms with van der Waals surface area (Å²) >= 11 is 0.